The van der Waals surface area contributed by atoms with Crippen LogP contribution in [-0.4, -0.2) is 43.2 Å². The van der Waals surface area contributed by atoms with Crippen LogP contribution < -0.4 is 16.2 Å². The van der Waals surface area contributed by atoms with E-state index in [0.29, 0.717) is 0 Å². The first-order valence-electron chi connectivity index (χ1n) is 5.25. The molecule has 1 unspecified atom stereocenters. The van der Waals surface area contributed by atoms with Crippen LogP contribution in [0.5, 0.6) is 0 Å². The molecule has 0 aliphatic heterocycles. The summed E-state index contributed by atoms with van der Waals surface area (Å²) in [7, 11) is -4.24. The molecule has 0 spiro atoms. The van der Waals surface area contributed by atoms with Crippen LogP contribution in [0.15, 0.2) is 23.1 Å². The lowest BCUT2D eigenvalue weighted by atomic mass is 10.2. The number of nitrogens with one attached hydrogen (secondary N) is 1. The number of rotatable bonds is 6. The van der Waals surface area contributed by atoms with Crippen molar-refractivity contribution in [1.82, 2.24) is 4.72 Å². The van der Waals surface area contributed by atoms with Crippen molar-refractivity contribution in [3.05, 3.63) is 23.8 Å². The van der Waals surface area contributed by atoms with Gasteiger partial charge in [0.25, 0.3) is 0 Å². The van der Waals surface area contributed by atoms with Gasteiger partial charge < -0.3 is 21.7 Å². The molecule has 110 valence electrons. The highest BCUT2D eigenvalue weighted by Crippen LogP contribution is 2.18. The van der Waals surface area contributed by atoms with E-state index in [1.54, 1.807) is 0 Å². The Morgan fingerprint density at radius 3 is 2.45 bits per heavy atom. The molecule has 1 aromatic carbocycles. The lowest BCUT2D eigenvalue weighted by molar-refractivity contribution is -0.125. The number of anilines is 1. The van der Waals surface area contributed by atoms with Crippen LogP contribution in [0, 0.1) is 0 Å². The molecule has 0 saturated heterocycles. The van der Waals surface area contributed by atoms with Gasteiger partial charge in [-0.2, -0.15) is 0 Å². The Bertz CT molecular complexity index is 642. The van der Waals surface area contributed by atoms with Crippen molar-refractivity contribution in [2.24, 2.45) is 5.73 Å². The van der Waals surface area contributed by atoms with Gasteiger partial charge in [-0.1, -0.05) is 0 Å². The minimum absolute atomic E-state index is 0.0820. The molecule has 0 heterocycles. The number of nitrogen functional groups attached to an aromatic ring is 1. The average Bonchev–Trinajstić information content (AvgIpc) is 2.35. The van der Waals surface area contributed by atoms with E-state index in [1.807, 2.05) is 4.72 Å². The molecule has 0 aliphatic carbocycles. The zero-order chi connectivity index (χ0) is 15.5. The fourth-order valence-corrected chi connectivity index (χ4v) is 2.53. The van der Waals surface area contributed by atoms with Crippen molar-refractivity contribution >= 4 is 27.6 Å². The van der Waals surface area contributed by atoms with Gasteiger partial charge in [0.15, 0.2) is 0 Å². The fraction of sp³-hybridized carbons (Fsp3) is 0.200. The van der Waals surface area contributed by atoms with Gasteiger partial charge in [-0.05, 0) is 18.2 Å². The van der Waals surface area contributed by atoms with Crippen LogP contribution in [-0.2, 0) is 14.8 Å². The van der Waals surface area contributed by atoms with Gasteiger partial charge in [0, 0.05) is 12.2 Å². The highest BCUT2D eigenvalue weighted by Gasteiger charge is 2.24. The molecular formula is C10H13N3O6S. The molecule has 1 amide bonds. The monoisotopic (exact) mass is 303 g/mol. The molecule has 0 radical (unpaired) electrons. The maximum absolute atomic E-state index is 11.9. The van der Waals surface area contributed by atoms with E-state index in [1.165, 1.54) is 6.07 Å². The van der Waals surface area contributed by atoms with Crippen molar-refractivity contribution in [1.29, 1.82) is 0 Å². The second-order valence-electron chi connectivity index (χ2n) is 3.83. The van der Waals surface area contributed by atoms with Crippen LogP contribution in [0.3, 0.4) is 0 Å². The molecule has 0 saturated carbocycles. The Morgan fingerprint density at radius 2 is 1.95 bits per heavy atom. The van der Waals surface area contributed by atoms with Gasteiger partial charge in [-0.3, -0.25) is 4.79 Å². The third-order valence-electron chi connectivity index (χ3n) is 2.32. The Hall–Kier alpha value is -2.17. The van der Waals surface area contributed by atoms with Crippen LogP contribution in [0.2, 0.25) is 0 Å². The van der Waals surface area contributed by atoms with Gasteiger partial charge in [-0.15, -0.1) is 0 Å². The summed E-state index contributed by atoms with van der Waals surface area (Å²) in [6.07, 6.45) is -1.72. The quantitative estimate of drug-likeness (QED) is 0.381. The minimum Gasteiger partial charge on any atom is -0.478 e. The molecule has 10 heteroatoms. The zero-order valence-electron chi connectivity index (χ0n) is 10.1. The van der Waals surface area contributed by atoms with E-state index >= 15 is 0 Å². The molecule has 0 aliphatic rings. The Kier molecular flexibility index (Phi) is 4.65. The third kappa shape index (κ3) is 3.66. The molecule has 9 nitrogen and oxygen atoms in total. The maximum atomic E-state index is 11.9. The predicted molar refractivity (Wildman–Crippen MR) is 68.2 cm³/mol. The van der Waals surface area contributed by atoms with Crippen molar-refractivity contribution < 1.29 is 28.2 Å². The molecule has 0 bridgehead atoms. The van der Waals surface area contributed by atoms with Crippen molar-refractivity contribution in [2.45, 2.75) is 11.0 Å². The van der Waals surface area contributed by atoms with E-state index in [-0.39, 0.29) is 5.69 Å². The highest BCUT2D eigenvalue weighted by molar-refractivity contribution is 7.89. The number of aliphatic hydroxyl groups is 1. The van der Waals surface area contributed by atoms with Crippen molar-refractivity contribution in [3.8, 4) is 0 Å². The summed E-state index contributed by atoms with van der Waals surface area (Å²) in [5, 5.41) is 18.1. The van der Waals surface area contributed by atoms with Gasteiger partial charge in [0.2, 0.25) is 15.9 Å². The van der Waals surface area contributed by atoms with Gasteiger partial charge in [-0.25, -0.2) is 17.9 Å². The third-order valence-corrected chi connectivity index (χ3v) is 3.80. The summed E-state index contributed by atoms with van der Waals surface area (Å²) in [5.41, 5.74) is 9.72. The van der Waals surface area contributed by atoms with Gasteiger partial charge >= 0.3 is 5.97 Å². The largest absolute Gasteiger partial charge is 0.478 e. The number of carboxylic acids is 1. The smallest absolute Gasteiger partial charge is 0.337 e. The first kappa shape index (κ1) is 15.9. The number of amides is 1. The normalized spacial score (nSPS) is 12.8. The second-order valence-corrected chi connectivity index (χ2v) is 5.57. The van der Waals surface area contributed by atoms with Crippen LogP contribution in [0.4, 0.5) is 5.69 Å². The standard InChI is InChI=1S/C10H13N3O6S/c11-5-1-2-8(6(3-5)10(16)17)20(18,19)13-4-7(14)9(12)15/h1-3,7,13-14H,4,11H2,(H2,12,15)(H,16,17). The number of aliphatic hydroxyl groups excluding tert-OH is 1. The molecule has 1 aromatic rings. The molecular weight excluding hydrogens is 290 g/mol. The van der Waals surface area contributed by atoms with E-state index in [4.69, 9.17) is 21.7 Å². The number of sulfonamides is 1. The Balaban J connectivity index is 3.10. The molecule has 1 atom stereocenters. The summed E-state index contributed by atoms with van der Waals surface area (Å²) < 4.78 is 25.7. The SMILES string of the molecule is NC(=O)C(O)CNS(=O)(=O)c1ccc(N)cc1C(=O)O. The van der Waals surface area contributed by atoms with Gasteiger partial charge in [0.05, 0.1) is 10.5 Å². The van der Waals surface area contributed by atoms with Gasteiger partial charge in [0.1, 0.15) is 6.10 Å². The number of primary amides is 1. The summed E-state index contributed by atoms with van der Waals surface area (Å²) in [5.74, 6) is -2.59. The molecule has 0 aromatic heterocycles. The summed E-state index contributed by atoms with van der Waals surface area (Å²) in [6.45, 7) is -0.666. The number of carbonyl (C=O) groups excluding carboxylic acids is 1. The zero-order valence-corrected chi connectivity index (χ0v) is 10.9. The first-order valence-corrected chi connectivity index (χ1v) is 6.73. The lowest BCUT2D eigenvalue weighted by Crippen LogP contribution is -2.40. The van der Waals surface area contributed by atoms with Crippen LogP contribution in [0.25, 0.3) is 0 Å². The number of carbonyl (C=O) groups is 2. The number of hydrogen-bond acceptors (Lipinski definition) is 6. The maximum Gasteiger partial charge on any atom is 0.337 e. The Morgan fingerprint density at radius 1 is 1.35 bits per heavy atom. The van der Waals surface area contributed by atoms with Crippen LogP contribution in [0.1, 0.15) is 10.4 Å². The van der Waals surface area contributed by atoms with Crippen LogP contribution >= 0.6 is 0 Å². The van der Waals surface area contributed by atoms with E-state index < -0.39 is 45.0 Å². The number of benzene rings is 1. The number of aromatic carboxylic acids is 1. The summed E-state index contributed by atoms with van der Waals surface area (Å²) in [6, 6.07) is 3.21. The second kappa shape index (κ2) is 5.86. The highest BCUT2D eigenvalue weighted by atomic mass is 32.2. The molecule has 7 N–H and O–H groups in total. The van der Waals surface area contributed by atoms with Crippen molar-refractivity contribution in [3.63, 3.8) is 0 Å². The van der Waals surface area contributed by atoms with E-state index in [2.05, 4.69) is 0 Å². The van der Waals surface area contributed by atoms with Crippen molar-refractivity contribution in [2.75, 3.05) is 12.3 Å². The molecule has 0 fully saturated rings. The Labute approximate surface area is 114 Å². The number of nitrogens with two attached hydrogens (primary N) is 2. The topological polar surface area (TPSA) is 173 Å². The van der Waals surface area contributed by atoms with E-state index in [9.17, 15) is 18.0 Å². The summed E-state index contributed by atoms with van der Waals surface area (Å²) >= 11 is 0. The lowest BCUT2D eigenvalue weighted by Gasteiger charge is -2.11. The minimum atomic E-state index is -4.24. The first-order chi connectivity index (χ1) is 9.15. The van der Waals surface area contributed by atoms with E-state index in [0.717, 1.165) is 12.1 Å². The average molecular weight is 303 g/mol. The number of carboxylic acid groups (broad SMARTS) is 1. The predicted octanol–water partition coefficient (Wildman–Crippen LogP) is -1.91. The fourth-order valence-electron chi connectivity index (χ4n) is 1.32. The number of hydrogen-bond donors (Lipinski definition) is 5. The molecule has 1 rings (SSSR count). The molecule has 20 heavy (non-hydrogen) atoms. The summed E-state index contributed by atoms with van der Waals surface area (Å²) in [4.78, 5) is 21.1.